The lowest BCUT2D eigenvalue weighted by Crippen LogP contribution is -2.15. The van der Waals surface area contributed by atoms with Crippen molar-refractivity contribution >= 4 is 22.9 Å². The third-order valence-corrected chi connectivity index (χ3v) is 3.22. The van der Waals surface area contributed by atoms with E-state index in [0.29, 0.717) is 25.4 Å². The Kier molecular flexibility index (Phi) is 4.74. The molecule has 0 fully saturated rings. The Hall–Kier alpha value is -1.88. The molecule has 0 aliphatic heterocycles. The monoisotopic (exact) mass is 275 g/mol. The molecule has 0 atom stereocenters. The van der Waals surface area contributed by atoms with Crippen LogP contribution < -0.4 is 5.32 Å². The molecule has 0 radical (unpaired) electrons. The standard InChI is InChI=1S/C15H21N3O2/c1-4-18-13-8-7-11(2)10-12(13)16-15(18)17-14(19)6-5-9-20-3/h7-8,10H,4-6,9H2,1-3H3,(H,16,17,19). The first-order valence-electron chi connectivity index (χ1n) is 6.91. The fourth-order valence-corrected chi connectivity index (χ4v) is 2.22. The lowest BCUT2D eigenvalue weighted by Gasteiger charge is -2.07. The van der Waals surface area contributed by atoms with Crippen LogP contribution in [0.4, 0.5) is 5.95 Å². The highest BCUT2D eigenvalue weighted by atomic mass is 16.5. The maximum atomic E-state index is 11.9. The van der Waals surface area contributed by atoms with Crippen LogP contribution in [-0.4, -0.2) is 29.2 Å². The molecule has 0 saturated carbocycles. The largest absolute Gasteiger partial charge is 0.385 e. The van der Waals surface area contributed by atoms with Gasteiger partial charge in [-0.1, -0.05) is 6.07 Å². The summed E-state index contributed by atoms with van der Waals surface area (Å²) in [5, 5.41) is 2.89. The SMILES string of the molecule is CCn1c(NC(=O)CCCOC)nc2cc(C)ccc21. The topological polar surface area (TPSA) is 56.2 Å². The molecule has 20 heavy (non-hydrogen) atoms. The van der Waals surface area contributed by atoms with E-state index < -0.39 is 0 Å². The van der Waals surface area contributed by atoms with E-state index in [1.54, 1.807) is 7.11 Å². The number of anilines is 1. The van der Waals surface area contributed by atoms with Crippen LogP contribution in [0.2, 0.25) is 0 Å². The smallest absolute Gasteiger partial charge is 0.226 e. The average molecular weight is 275 g/mol. The van der Waals surface area contributed by atoms with Gasteiger partial charge < -0.3 is 9.30 Å². The maximum Gasteiger partial charge on any atom is 0.226 e. The fraction of sp³-hybridized carbons (Fsp3) is 0.467. The second-order valence-corrected chi connectivity index (χ2v) is 4.82. The Morgan fingerprint density at radius 2 is 2.25 bits per heavy atom. The van der Waals surface area contributed by atoms with Gasteiger partial charge in [-0.2, -0.15) is 0 Å². The third-order valence-electron chi connectivity index (χ3n) is 3.22. The van der Waals surface area contributed by atoms with Crippen LogP contribution in [0, 0.1) is 6.92 Å². The lowest BCUT2D eigenvalue weighted by atomic mass is 10.2. The summed E-state index contributed by atoms with van der Waals surface area (Å²) in [7, 11) is 1.64. The van der Waals surface area contributed by atoms with E-state index in [9.17, 15) is 4.79 Å². The molecule has 0 spiro atoms. The summed E-state index contributed by atoms with van der Waals surface area (Å²) in [4.78, 5) is 16.4. The molecule has 5 heteroatoms. The van der Waals surface area contributed by atoms with Gasteiger partial charge in [-0.15, -0.1) is 0 Å². The van der Waals surface area contributed by atoms with Gasteiger partial charge in [0.05, 0.1) is 11.0 Å². The number of nitrogens with one attached hydrogen (secondary N) is 1. The molecule has 1 amide bonds. The minimum absolute atomic E-state index is 0.0243. The number of aryl methyl sites for hydroxylation is 2. The average Bonchev–Trinajstić information content (AvgIpc) is 2.75. The molecule has 1 aromatic carbocycles. The number of ether oxygens (including phenoxy) is 1. The molecule has 5 nitrogen and oxygen atoms in total. The van der Waals surface area contributed by atoms with Crippen molar-refractivity contribution in [3.63, 3.8) is 0 Å². The Morgan fingerprint density at radius 3 is 2.95 bits per heavy atom. The molecule has 2 rings (SSSR count). The molecule has 0 bridgehead atoms. The number of carbonyl (C=O) groups is 1. The number of methoxy groups -OCH3 is 1. The number of rotatable bonds is 6. The van der Waals surface area contributed by atoms with Crippen molar-refractivity contribution in [3.05, 3.63) is 23.8 Å². The van der Waals surface area contributed by atoms with Gasteiger partial charge in [0.15, 0.2) is 0 Å². The molecule has 1 N–H and O–H groups in total. The maximum absolute atomic E-state index is 11.9. The minimum Gasteiger partial charge on any atom is -0.385 e. The van der Waals surface area contributed by atoms with Crippen LogP contribution >= 0.6 is 0 Å². The molecular weight excluding hydrogens is 254 g/mol. The highest BCUT2D eigenvalue weighted by molar-refractivity contribution is 5.91. The highest BCUT2D eigenvalue weighted by Gasteiger charge is 2.12. The predicted octanol–water partition coefficient (Wildman–Crippen LogP) is 2.73. The summed E-state index contributed by atoms with van der Waals surface area (Å²) in [6.07, 6.45) is 1.16. The van der Waals surface area contributed by atoms with Crippen LogP contribution in [0.15, 0.2) is 18.2 Å². The van der Waals surface area contributed by atoms with E-state index in [1.165, 1.54) is 0 Å². The first-order valence-corrected chi connectivity index (χ1v) is 6.91. The Labute approximate surface area is 118 Å². The van der Waals surface area contributed by atoms with E-state index in [4.69, 9.17) is 4.74 Å². The molecule has 1 heterocycles. The van der Waals surface area contributed by atoms with Gasteiger partial charge in [0.1, 0.15) is 0 Å². The van der Waals surface area contributed by atoms with E-state index in [1.807, 2.05) is 30.5 Å². The predicted molar refractivity (Wildman–Crippen MR) is 79.9 cm³/mol. The molecule has 2 aromatic rings. The molecule has 0 saturated heterocycles. The second kappa shape index (κ2) is 6.52. The molecule has 1 aromatic heterocycles. The van der Waals surface area contributed by atoms with Gasteiger partial charge in [0.25, 0.3) is 0 Å². The van der Waals surface area contributed by atoms with Crippen molar-refractivity contribution in [2.24, 2.45) is 0 Å². The van der Waals surface area contributed by atoms with E-state index in [2.05, 4.69) is 16.4 Å². The zero-order valence-electron chi connectivity index (χ0n) is 12.3. The number of aromatic nitrogens is 2. The lowest BCUT2D eigenvalue weighted by molar-refractivity contribution is -0.116. The van der Waals surface area contributed by atoms with Gasteiger partial charge in [0, 0.05) is 26.7 Å². The van der Waals surface area contributed by atoms with Crippen LogP contribution in [0.1, 0.15) is 25.3 Å². The van der Waals surface area contributed by atoms with E-state index in [0.717, 1.165) is 23.1 Å². The summed E-state index contributed by atoms with van der Waals surface area (Å²) >= 11 is 0. The fourth-order valence-electron chi connectivity index (χ4n) is 2.22. The third kappa shape index (κ3) is 3.17. The molecule has 0 unspecified atom stereocenters. The van der Waals surface area contributed by atoms with Crippen molar-refractivity contribution in [1.82, 2.24) is 9.55 Å². The van der Waals surface area contributed by atoms with Gasteiger partial charge in [-0.25, -0.2) is 4.98 Å². The number of hydrogen-bond donors (Lipinski definition) is 1. The van der Waals surface area contributed by atoms with Crippen LogP contribution in [-0.2, 0) is 16.1 Å². The summed E-state index contributed by atoms with van der Waals surface area (Å²) in [5.74, 6) is 0.597. The van der Waals surface area contributed by atoms with Crippen LogP contribution in [0.25, 0.3) is 11.0 Å². The first-order chi connectivity index (χ1) is 9.65. The number of imidazole rings is 1. The minimum atomic E-state index is -0.0243. The molecule has 0 aliphatic carbocycles. The quantitative estimate of drug-likeness (QED) is 0.825. The number of carbonyl (C=O) groups excluding carboxylic acids is 1. The van der Waals surface area contributed by atoms with Crippen molar-refractivity contribution < 1.29 is 9.53 Å². The van der Waals surface area contributed by atoms with Gasteiger partial charge in [0.2, 0.25) is 11.9 Å². The Morgan fingerprint density at radius 1 is 1.45 bits per heavy atom. The second-order valence-electron chi connectivity index (χ2n) is 4.82. The summed E-state index contributed by atoms with van der Waals surface area (Å²) in [6, 6.07) is 6.13. The zero-order valence-corrected chi connectivity index (χ0v) is 12.3. The first kappa shape index (κ1) is 14.5. The normalized spacial score (nSPS) is 10.9. The van der Waals surface area contributed by atoms with E-state index in [-0.39, 0.29) is 5.91 Å². The van der Waals surface area contributed by atoms with Gasteiger partial charge in [-0.3, -0.25) is 10.1 Å². The van der Waals surface area contributed by atoms with Crippen LogP contribution in [0.3, 0.4) is 0 Å². The van der Waals surface area contributed by atoms with Gasteiger partial charge >= 0.3 is 0 Å². The Balaban J connectivity index is 2.18. The van der Waals surface area contributed by atoms with Crippen molar-refractivity contribution in [2.75, 3.05) is 19.0 Å². The van der Waals surface area contributed by atoms with Crippen molar-refractivity contribution in [2.45, 2.75) is 33.2 Å². The van der Waals surface area contributed by atoms with Crippen molar-refractivity contribution in [1.29, 1.82) is 0 Å². The molecule has 0 aliphatic rings. The number of amides is 1. The number of benzene rings is 1. The molecule has 108 valence electrons. The Bertz CT molecular complexity index is 604. The number of hydrogen-bond acceptors (Lipinski definition) is 3. The van der Waals surface area contributed by atoms with E-state index >= 15 is 0 Å². The zero-order chi connectivity index (χ0) is 14.5. The summed E-state index contributed by atoms with van der Waals surface area (Å²) in [5.41, 5.74) is 3.13. The number of fused-ring (bicyclic) bond motifs is 1. The van der Waals surface area contributed by atoms with Crippen molar-refractivity contribution in [3.8, 4) is 0 Å². The van der Waals surface area contributed by atoms with Gasteiger partial charge in [-0.05, 0) is 38.0 Å². The summed E-state index contributed by atoms with van der Waals surface area (Å²) < 4.78 is 6.96. The summed E-state index contributed by atoms with van der Waals surface area (Å²) in [6.45, 7) is 5.44. The van der Waals surface area contributed by atoms with Crippen LogP contribution in [0.5, 0.6) is 0 Å². The highest BCUT2D eigenvalue weighted by Crippen LogP contribution is 2.21. The number of nitrogens with zero attached hydrogens (tertiary/aromatic N) is 2. The molecular formula is C15H21N3O2.